The monoisotopic (exact) mass is 377 g/mol. The molecule has 26 heavy (non-hydrogen) atoms. The molecule has 1 heterocycles. The number of carbonyl (C=O) groups excluding carboxylic acids is 2. The molecule has 2 rings (SSSR count). The molecule has 5 nitrogen and oxygen atoms in total. The molecular weight excluding hydrogens is 358 g/mol. The van der Waals surface area contributed by atoms with Crippen LogP contribution in [0.4, 0.5) is 22.4 Å². The van der Waals surface area contributed by atoms with Gasteiger partial charge in [-0.15, -0.1) is 13.2 Å². The Bertz CT molecular complexity index is 690. The average molecular weight is 377 g/mol. The largest absolute Gasteiger partial charge is 0.573 e. The van der Waals surface area contributed by atoms with Gasteiger partial charge in [0.25, 0.3) is 0 Å². The molecule has 0 saturated carbocycles. The number of hydrogen-bond donors (Lipinski definition) is 0. The van der Waals surface area contributed by atoms with Gasteiger partial charge in [-0.25, -0.2) is 14.1 Å². The molecule has 1 fully saturated rings. The van der Waals surface area contributed by atoms with Gasteiger partial charge in [0.05, 0.1) is 6.04 Å². The third-order valence-corrected chi connectivity index (χ3v) is 4.10. The van der Waals surface area contributed by atoms with Gasteiger partial charge < -0.3 is 9.47 Å². The summed E-state index contributed by atoms with van der Waals surface area (Å²) in [7, 11) is 0. The van der Waals surface area contributed by atoms with Crippen molar-refractivity contribution in [2.24, 2.45) is 11.8 Å². The van der Waals surface area contributed by atoms with E-state index in [2.05, 4.69) is 4.74 Å². The number of nitrogens with zero attached hydrogens (tertiary/aromatic N) is 1. The van der Waals surface area contributed by atoms with Crippen molar-refractivity contribution < 1.29 is 36.6 Å². The van der Waals surface area contributed by atoms with Crippen molar-refractivity contribution in [2.45, 2.75) is 39.6 Å². The van der Waals surface area contributed by atoms with Crippen LogP contribution in [0.5, 0.6) is 5.75 Å². The van der Waals surface area contributed by atoms with Gasteiger partial charge in [-0.2, -0.15) is 0 Å². The summed E-state index contributed by atoms with van der Waals surface area (Å²) >= 11 is 0. The Labute approximate surface area is 147 Å². The molecule has 0 aliphatic carbocycles. The number of hydrogen-bond acceptors (Lipinski definition) is 4. The zero-order valence-electron chi connectivity index (χ0n) is 14.5. The molecule has 2 atom stereocenters. The van der Waals surface area contributed by atoms with E-state index in [1.54, 1.807) is 6.92 Å². The normalized spacial score (nSPS) is 18.8. The Kier molecular flexibility index (Phi) is 5.77. The van der Waals surface area contributed by atoms with Crippen molar-refractivity contribution in [1.82, 2.24) is 4.90 Å². The SMILES string of the molecule is CC(C)[C@@H]1COC(=O)N1C(=O)[C@H](C)Cc1ccc(OC(F)(F)F)c(F)c1. The number of rotatable bonds is 5. The van der Waals surface area contributed by atoms with Crippen LogP contribution >= 0.6 is 0 Å². The van der Waals surface area contributed by atoms with Crippen LogP contribution in [0.2, 0.25) is 0 Å². The van der Waals surface area contributed by atoms with E-state index in [-0.39, 0.29) is 25.0 Å². The second-order valence-electron chi connectivity index (χ2n) is 6.51. The highest BCUT2D eigenvalue weighted by atomic mass is 19.4. The van der Waals surface area contributed by atoms with Crippen molar-refractivity contribution in [3.05, 3.63) is 29.6 Å². The molecule has 0 unspecified atom stereocenters. The zero-order chi connectivity index (χ0) is 19.6. The lowest BCUT2D eigenvalue weighted by atomic mass is 9.97. The maximum Gasteiger partial charge on any atom is 0.573 e. The maximum absolute atomic E-state index is 13.8. The van der Waals surface area contributed by atoms with E-state index in [1.807, 2.05) is 13.8 Å². The zero-order valence-corrected chi connectivity index (χ0v) is 14.5. The standard InChI is InChI=1S/C17H19F4NO4/c1-9(2)13-8-25-16(24)22(13)15(23)10(3)6-11-4-5-14(12(18)7-11)26-17(19,20)21/h4-5,7,9-10,13H,6,8H2,1-3H3/t10-,13+/m1/s1. The predicted molar refractivity (Wildman–Crippen MR) is 82.8 cm³/mol. The predicted octanol–water partition coefficient (Wildman–Crippen LogP) is 3.91. The summed E-state index contributed by atoms with van der Waals surface area (Å²) in [4.78, 5) is 25.5. The summed E-state index contributed by atoms with van der Waals surface area (Å²) in [5, 5.41) is 0. The van der Waals surface area contributed by atoms with Gasteiger partial charge in [-0.1, -0.05) is 26.8 Å². The molecule has 0 spiro atoms. The minimum absolute atomic E-state index is 0.00819. The number of carbonyl (C=O) groups is 2. The third-order valence-electron chi connectivity index (χ3n) is 4.10. The quantitative estimate of drug-likeness (QED) is 0.731. The van der Waals surface area contributed by atoms with Gasteiger partial charge in [0.2, 0.25) is 5.91 Å². The molecule has 0 bridgehead atoms. The first-order chi connectivity index (χ1) is 12.0. The van der Waals surface area contributed by atoms with E-state index in [0.29, 0.717) is 5.56 Å². The molecule has 2 amide bonds. The van der Waals surface area contributed by atoms with Crippen LogP contribution in [-0.2, 0) is 16.0 Å². The highest BCUT2D eigenvalue weighted by Crippen LogP contribution is 2.28. The van der Waals surface area contributed by atoms with Crippen molar-refractivity contribution in [3.8, 4) is 5.75 Å². The summed E-state index contributed by atoms with van der Waals surface area (Å²) in [6.07, 6.45) is -5.66. The first-order valence-corrected chi connectivity index (χ1v) is 8.03. The van der Waals surface area contributed by atoms with Crippen LogP contribution in [0.15, 0.2) is 18.2 Å². The van der Waals surface area contributed by atoms with Gasteiger partial charge in [-0.3, -0.25) is 4.79 Å². The van der Waals surface area contributed by atoms with Crippen LogP contribution in [0.25, 0.3) is 0 Å². The first kappa shape index (κ1) is 20.0. The van der Waals surface area contributed by atoms with Gasteiger partial charge in [-0.05, 0) is 30.0 Å². The molecule has 1 aliphatic heterocycles. The van der Waals surface area contributed by atoms with Crippen LogP contribution in [-0.4, -0.2) is 35.9 Å². The number of cyclic esters (lactones) is 1. The average Bonchev–Trinajstić information content (AvgIpc) is 2.90. The summed E-state index contributed by atoms with van der Waals surface area (Å²) in [5.41, 5.74) is 0.312. The van der Waals surface area contributed by atoms with E-state index < -0.39 is 35.8 Å². The molecule has 0 N–H and O–H groups in total. The molecule has 0 aromatic heterocycles. The van der Waals surface area contributed by atoms with Crippen molar-refractivity contribution in [1.29, 1.82) is 0 Å². The molecule has 0 radical (unpaired) electrons. The summed E-state index contributed by atoms with van der Waals surface area (Å²) in [6.45, 7) is 5.38. The lowest BCUT2D eigenvalue weighted by Gasteiger charge is -2.25. The maximum atomic E-state index is 13.8. The van der Waals surface area contributed by atoms with E-state index >= 15 is 0 Å². The highest BCUT2D eigenvalue weighted by Gasteiger charge is 2.41. The minimum Gasteiger partial charge on any atom is -0.447 e. The highest BCUT2D eigenvalue weighted by molar-refractivity contribution is 5.94. The van der Waals surface area contributed by atoms with Crippen LogP contribution in [0, 0.1) is 17.7 Å². The van der Waals surface area contributed by atoms with Crippen molar-refractivity contribution in [3.63, 3.8) is 0 Å². The van der Waals surface area contributed by atoms with Gasteiger partial charge in [0.1, 0.15) is 6.61 Å². The number of ether oxygens (including phenoxy) is 2. The number of benzene rings is 1. The molecule has 9 heteroatoms. The third kappa shape index (κ3) is 4.64. The lowest BCUT2D eigenvalue weighted by Crippen LogP contribution is -2.44. The molecule has 1 aliphatic rings. The Balaban J connectivity index is 2.09. The van der Waals surface area contributed by atoms with E-state index in [0.717, 1.165) is 17.0 Å². The first-order valence-electron chi connectivity index (χ1n) is 8.03. The van der Waals surface area contributed by atoms with Gasteiger partial charge in [0, 0.05) is 5.92 Å². The fourth-order valence-corrected chi connectivity index (χ4v) is 2.74. The fourth-order valence-electron chi connectivity index (χ4n) is 2.74. The molecule has 1 aromatic rings. The number of alkyl halides is 3. The molecular formula is C17H19F4NO4. The van der Waals surface area contributed by atoms with E-state index in [9.17, 15) is 27.2 Å². The van der Waals surface area contributed by atoms with Crippen LogP contribution < -0.4 is 4.74 Å². The number of imide groups is 1. The Morgan fingerprint density at radius 1 is 1.35 bits per heavy atom. The Hall–Kier alpha value is -2.32. The van der Waals surface area contributed by atoms with Gasteiger partial charge >= 0.3 is 12.5 Å². The second-order valence-corrected chi connectivity index (χ2v) is 6.51. The lowest BCUT2D eigenvalue weighted by molar-refractivity contribution is -0.275. The summed E-state index contributed by atoms with van der Waals surface area (Å²) < 4.78 is 58.8. The molecule has 1 saturated heterocycles. The number of amides is 2. The van der Waals surface area contributed by atoms with Crippen LogP contribution in [0.1, 0.15) is 26.3 Å². The van der Waals surface area contributed by atoms with E-state index in [1.165, 1.54) is 6.07 Å². The number of halogens is 4. The van der Waals surface area contributed by atoms with Gasteiger partial charge in [0.15, 0.2) is 11.6 Å². The second kappa shape index (κ2) is 7.51. The summed E-state index contributed by atoms with van der Waals surface area (Å²) in [5.74, 6) is -3.27. The van der Waals surface area contributed by atoms with Crippen LogP contribution in [0.3, 0.4) is 0 Å². The Morgan fingerprint density at radius 3 is 2.54 bits per heavy atom. The van der Waals surface area contributed by atoms with Crippen molar-refractivity contribution >= 4 is 12.0 Å². The van der Waals surface area contributed by atoms with Crippen molar-refractivity contribution in [2.75, 3.05) is 6.61 Å². The molecule has 1 aromatic carbocycles. The summed E-state index contributed by atoms with van der Waals surface area (Å²) in [6, 6.07) is 2.61. The Morgan fingerprint density at radius 2 is 2.00 bits per heavy atom. The minimum atomic E-state index is -4.99. The fraction of sp³-hybridized carbons (Fsp3) is 0.529. The topological polar surface area (TPSA) is 55.8 Å². The van der Waals surface area contributed by atoms with E-state index in [4.69, 9.17) is 4.74 Å². The molecule has 144 valence electrons. The smallest absolute Gasteiger partial charge is 0.447 e.